The fourth-order valence-corrected chi connectivity index (χ4v) is 5.99. The van der Waals surface area contributed by atoms with Crippen molar-refractivity contribution in [3.63, 3.8) is 0 Å². The standard InChI is InChI=1S/C23H26N4O5S/c1-15-22(16(2)32-26-15)33(30,31)27-12-10-18(11-13-27)23(29)25-24-21(28)14-19-8-5-7-17-6-3-4-9-20(17)19/h3-9,18H,10-14H2,1-2H3,(H,24,28)(H,25,29). The van der Waals surface area contributed by atoms with Crippen molar-refractivity contribution in [3.05, 3.63) is 59.5 Å². The Balaban J connectivity index is 1.30. The van der Waals surface area contributed by atoms with Crippen LogP contribution in [0.2, 0.25) is 0 Å². The van der Waals surface area contributed by atoms with Crippen molar-refractivity contribution < 1.29 is 22.5 Å². The van der Waals surface area contributed by atoms with E-state index in [9.17, 15) is 18.0 Å². The average molecular weight is 471 g/mol. The highest BCUT2D eigenvalue weighted by Crippen LogP contribution is 2.27. The Morgan fingerprint density at radius 2 is 1.76 bits per heavy atom. The van der Waals surface area contributed by atoms with Gasteiger partial charge in [0.2, 0.25) is 21.8 Å². The number of hydrogen-bond donors (Lipinski definition) is 2. The predicted octanol–water partition coefficient (Wildman–Crippen LogP) is 2.24. The fraction of sp³-hybridized carbons (Fsp3) is 0.348. The molecule has 2 aromatic carbocycles. The van der Waals surface area contributed by atoms with E-state index in [0.717, 1.165) is 16.3 Å². The molecule has 2 N–H and O–H groups in total. The zero-order chi connectivity index (χ0) is 23.6. The van der Waals surface area contributed by atoms with Gasteiger partial charge in [-0.25, -0.2) is 8.42 Å². The van der Waals surface area contributed by atoms with Crippen molar-refractivity contribution in [2.24, 2.45) is 5.92 Å². The van der Waals surface area contributed by atoms with E-state index in [2.05, 4.69) is 16.0 Å². The number of fused-ring (bicyclic) bond motifs is 1. The van der Waals surface area contributed by atoms with Gasteiger partial charge in [0.15, 0.2) is 5.76 Å². The van der Waals surface area contributed by atoms with Gasteiger partial charge >= 0.3 is 0 Å². The number of carbonyl (C=O) groups is 2. The lowest BCUT2D eigenvalue weighted by molar-refractivity contribution is -0.131. The summed E-state index contributed by atoms with van der Waals surface area (Å²) < 4.78 is 32.2. The molecule has 4 rings (SSSR count). The molecule has 33 heavy (non-hydrogen) atoms. The largest absolute Gasteiger partial charge is 0.360 e. The number of hydrazine groups is 1. The third kappa shape index (κ3) is 4.76. The third-order valence-electron chi connectivity index (χ3n) is 5.95. The molecule has 1 aliphatic heterocycles. The van der Waals surface area contributed by atoms with Crippen LogP contribution in [0.4, 0.5) is 0 Å². The monoisotopic (exact) mass is 470 g/mol. The molecular formula is C23H26N4O5S. The minimum absolute atomic E-state index is 0.0890. The summed E-state index contributed by atoms with van der Waals surface area (Å²) in [6.45, 7) is 3.56. The van der Waals surface area contributed by atoms with Gasteiger partial charge in [-0.2, -0.15) is 4.31 Å². The lowest BCUT2D eigenvalue weighted by atomic mass is 9.97. The maximum absolute atomic E-state index is 12.9. The predicted molar refractivity (Wildman–Crippen MR) is 121 cm³/mol. The summed E-state index contributed by atoms with van der Waals surface area (Å²) in [5.74, 6) is -0.783. The molecule has 2 heterocycles. The number of sulfonamides is 1. The van der Waals surface area contributed by atoms with Crippen molar-refractivity contribution in [1.29, 1.82) is 0 Å². The second-order valence-electron chi connectivity index (χ2n) is 8.18. The number of rotatable bonds is 5. The lowest BCUT2D eigenvalue weighted by Gasteiger charge is -2.30. The number of benzene rings is 2. The summed E-state index contributed by atoms with van der Waals surface area (Å²) >= 11 is 0. The number of nitrogens with one attached hydrogen (secondary N) is 2. The highest BCUT2D eigenvalue weighted by molar-refractivity contribution is 7.89. The van der Waals surface area contributed by atoms with Crippen molar-refractivity contribution in [3.8, 4) is 0 Å². The molecule has 9 nitrogen and oxygen atoms in total. The minimum atomic E-state index is -3.73. The molecule has 1 fully saturated rings. The van der Waals surface area contributed by atoms with Crippen molar-refractivity contribution in [2.45, 2.75) is 38.0 Å². The summed E-state index contributed by atoms with van der Waals surface area (Å²) in [7, 11) is -3.73. The summed E-state index contributed by atoms with van der Waals surface area (Å²) in [5.41, 5.74) is 6.16. The van der Waals surface area contributed by atoms with Crippen LogP contribution in [0, 0.1) is 19.8 Å². The van der Waals surface area contributed by atoms with E-state index in [4.69, 9.17) is 4.52 Å². The number of nitrogens with zero attached hydrogens (tertiary/aromatic N) is 2. The van der Waals surface area contributed by atoms with Crippen LogP contribution in [0.3, 0.4) is 0 Å². The maximum atomic E-state index is 12.9. The topological polar surface area (TPSA) is 122 Å². The Bertz CT molecular complexity index is 1270. The Hall–Kier alpha value is -3.24. The van der Waals surface area contributed by atoms with Gasteiger partial charge in [0.05, 0.1) is 6.42 Å². The molecular weight excluding hydrogens is 444 g/mol. The first-order valence-electron chi connectivity index (χ1n) is 10.8. The molecule has 0 aliphatic carbocycles. The van der Waals surface area contributed by atoms with Crippen LogP contribution in [0.25, 0.3) is 10.8 Å². The highest BCUT2D eigenvalue weighted by atomic mass is 32.2. The number of carbonyl (C=O) groups excluding carboxylic acids is 2. The molecule has 3 aromatic rings. The average Bonchev–Trinajstić information content (AvgIpc) is 3.16. The van der Waals surface area contributed by atoms with E-state index in [-0.39, 0.29) is 47.9 Å². The molecule has 0 atom stereocenters. The van der Waals surface area contributed by atoms with Gasteiger partial charge in [-0.1, -0.05) is 47.6 Å². The SMILES string of the molecule is Cc1noc(C)c1S(=O)(=O)N1CCC(C(=O)NNC(=O)Cc2cccc3ccccc23)CC1. The molecule has 10 heteroatoms. The maximum Gasteiger partial charge on any atom is 0.248 e. The number of aromatic nitrogens is 1. The van der Waals surface area contributed by atoms with Gasteiger partial charge < -0.3 is 4.52 Å². The number of aryl methyl sites for hydroxylation is 2. The Morgan fingerprint density at radius 1 is 1.06 bits per heavy atom. The molecule has 0 saturated carbocycles. The molecule has 0 unspecified atom stereocenters. The molecule has 1 aromatic heterocycles. The second-order valence-corrected chi connectivity index (χ2v) is 10.1. The normalized spacial score (nSPS) is 15.5. The van der Waals surface area contributed by atoms with Crippen molar-refractivity contribution in [2.75, 3.05) is 13.1 Å². The molecule has 174 valence electrons. The Morgan fingerprint density at radius 3 is 2.45 bits per heavy atom. The number of amides is 2. The zero-order valence-electron chi connectivity index (χ0n) is 18.5. The van der Waals surface area contributed by atoms with E-state index < -0.39 is 10.0 Å². The van der Waals surface area contributed by atoms with Crippen LogP contribution in [0.5, 0.6) is 0 Å². The minimum Gasteiger partial charge on any atom is -0.360 e. The van der Waals surface area contributed by atoms with Crippen LogP contribution in [-0.2, 0) is 26.0 Å². The van der Waals surface area contributed by atoms with Crippen LogP contribution in [0.1, 0.15) is 29.9 Å². The smallest absolute Gasteiger partial charge is 0.248 e. The third-order valence-corrected chi connectivity index (χ3v) is 8.09. The quantitative estimate of drug-likeness (QED) is 0.552. The van der Waals surface area contributed by atoms with Crippen LogP contribution in [-0.4, -0.2) is 42.8 Å². The van der Waals surface area contributed by atoms with Crippen LogP contribution in [0.15, 0.2) is 51.9 Å². The first-order valence-corrected chi connectivity index (χ1v) is 12.2. The lowest BCUT2D eigenvalue weighted by Crippen LogP contribution is -2.48. The van der Waals surface area contributed by atoms with E-state index in [1.54, 1.807) is 13.8 Å². The Labute approximate surface area is 192 Å². The van der Waals surface area contributed by atoms with E-state index in [1.807, 2.05) is 42.5 Å². The first kappa shape index (κ1) is 22.9. The molecule has 0 spiro atoms. The fourth-order valence-electron chi connectivity index (χ4n) is 4.23. The van der Waals surface area contributed by atoms with Gasteiger partial charge in [0.1, 0.15) is 10.6 Å². The van der Waals surface area contributed by atoms with E-state index in [1.165, 1.54) is 4.31 Å². The zero-order valence-corrected chi connectivity index (χ0v) is 19.3. The summed E-state index contributed by atoms with van der Waals surface area (Å²) in [6.07, 6.45) is 0.844. The van der Waals surface area contributed by atoms with Crippen LogP contribution >= 0.6 is 0 Å². The highest BCUT2D eigenvalue weighted by Gasteiger charge is 2.35. The summed E-state index contributed by atoms with van der Waals surface area (Å²) in [5, 5.41) is 5.76. The van der Waals surface area contributed by atoms with Crippen molar-refractivity contribution in [1.82, 2.24) is 20.3 Å². The summed E-state index contributed by atoms with van der Waals surface area (Å²) in [4.78, 5) is 25.0. The first-order chi connectivity index (χ1) is 15.8. The van der Waals surface area contributed by atoms with Crippen LogP contribution < -0.4 is 10.9 Å². The van der Waals surface area contributed by atoms with E-state index in [0.29, 0.717) is 18.5 Å². The van der Waals surface area contributed by atoms with Gasteiger partial charge in [-0.15, -0.1) is 0 Å². The van der Waals surface area contributed by atoms with E-state index >= 15 is 0 Å². The molecule has 0 bridgehead atoms. The molecule has 1 aliphatic rings. The van der Waals surface area contributed by atoms with Crippen molar-refractivity contribution >= 4 is 32.6 Å². The summed E-state index contributed by atoms with van der Waals surface area (Å²) in [6, 6.07) is 13.6. The van der Waals surface area contributed by atoms with Gasteiger partial charge in [-0.05, 0) is 43.0 Å². The second kappa shape index (κ2) is 9.32. The Kier molecular flexibility index (Phi) is 6.48. The number of hydrogen-bond acceptors (Lipinski definition) is 6. The van der Waals surface area contributed by atoms with Gasteiger partial charge in [-0.3, -0.25) is 20.4 Å². The number of piperidine rings is 1. The van der Waals surface area contributed by atoms with Gasteiger partial charge in [0, 0.05) is 19.0 Å². The van der Waals surface area contributed by atoms with Gasteiger partial charge in [0.25, 0.3) is 0 Å². The molecule has 1 saturated heterocycles. The molecule has 0 radical (unpaired) electrons. The molecule has 2 amide bonds.